The summed E-state index contributed by atoms with van der Waals surface area (Å²) in [5.41, 5.74) is 1.20. The average molecular weight is 396 g/mol. The van der Waals surface area contributed by atoms with Crippen molar-refractivity contribution in [2.45, 2.75) is 51.6 Å². The Bertz CT molecular complexity index is 721. The Balaban J connectivity index is 1.72. The molecule has 2 N–H and O–H groups in total. The van der Waals surface area contributed by atoms with Crippen molar-refractivity contribution in [3.8, 4) is 0 Å². The second kappa shape index (κ2) is 12.9. The second-order valence-corrected chi connectivity index (χ2v) is 7.48. The highest BCUT2D eigenvalue weighted by Gasteiger charge is 2.26. The molecular weight excluding hydrogens is 362 g/mol. The first-order valence-corrected chi connectivity index (χ1v) is 10.6. The first-order chi connectivity index (χ1) is 14.1. The summed E-state index contributed by atoms with van der Waals surface area (Å²) in [6.45, 7) is 2.59. The zero-order valence-corrected chi connectivity index (χ0v) is 17.3. The predicted octanol–water partition coefficient (Wildman–Crippen LogP) is 4.16. The van der Waals surface area contributed by atoms with E-state index in [4.69, 9.17) is 0 Å². The van der Waals surface area contributed by atoms with Crippen LogP contribution in [0.15, 0.2) is 66.8 Å². The van der Waals surface area contributed by atoms with E-state index in [1.807, 2.05) is 37.3 Å². The lowest BCUT2D eigenvalue weighted by Gasteiger charge is -2.13. The Morgan fingerprint density at radius 3 is 2.79 bits per heavy atom. The molecule has 0 unspecified atom stereocenters. The normalized spacial score (nSPS) is 20.0. The maximum absolute atomic E-state index is 12.2. The molecule has 0 saturated carbocycles. The van der Waals surface area contributed by atoms with Crippen LogP contribution >= 0.6 is 0 Å². The van der Waals surface area contributed by atoms with E-state index in [1.54, 1.807) is 12.2 Å². The fraction of sp³-hybridized carbons (Fsp3) is 0.440. The molecule has 4 heteroatoms. The molecule has 0 aliphatic heterocycles. The Kier molecular flexibility index (Phi) is 10.1. The van der Waals surface area contributed by atoms with E-state index in [1.165, 1.54) is 5.56 Å². The van der Waals surface area contributed by atoms with Gasteiger partial charge >= 0.3 is 0 Å². The lowest BCUT2D eigenvalue weighted by molar-refractivity contribution is -0.121. The number of aryl methyl sites for hydroxylation is 1. The van der Waals surface area contributed by atoms with Crippen molar-refractivity contribution in [3.63, 3.8) is 0 Å². The van der Waals surface area contributed by atoms with Gasteiger partial charge in [0, 0.05) is 18.9 Å². The lowest BCUT2D eigenvalue weighted by Crippen LogP contribution is -2.21. The standard InChI is InChI=1S/C25H33NO3/c1-2-26-25(29)13-9-4-3-8-12-21-15-19-24(28)23(21)18-17-22(27)16-14-20-10-6-5-7-11-20/h3,5-8,10-11,15,17-19,21-23,27H,2,4,9,12-14,16H2,1H3,(H,26,29)/b8-3-,18-17+/t21-,22+,23+/m0/s1. The van der Waals surface area contributed by atoms with E-state index in [2.05, 4.69) is 29.6 Å². The Morgan fingerprint density at radius 2 is 2.03 bits per heavy atom. The molecule has 0 bridgehead atoms. The largest absolute Gasteiger partial charge is 0.389 e. The third kappa shape index (κ3) is 8.61. The molecule has 0 fully saturated rings. The van der Waals surface area contributed by atoms with Gasteiger partial charge in [-0.3, -0.25) is 9.59 Å². The summed E-state index contributed by atoms with van der Waals surface area (Å²) in [6.07, 6.45) is 15.4. The van der Waals surface area contributed by atoms with Gasteiger partial charge in [0.15, 0.2) is 5.78 Å². The molecule has 156 valence electrons. The van der Waals surface area contributed by atoms with Gasteiger partial charge in [0.05, 0.1) is 6.10 Å². The van der Waals surface area contributed by atoms with Crippen LogP contribution in [0.4, 0.5) is 0 Å². The minimum absolute atomic E-state index is 0.0984. The number of hydrogen-bond acceptors (Lipinski definition) is 3. The molecule has 1 aromatic rings. The number of benzene rings is 1. The molecule has 0 radical (unpaired) electrons. The fourth-order valence-corrected chi connectivity index (χ4v) is 3.46. The van der Waals surface area contributed by atoms with Crippen LogP contribution in [0.25, 0.3) is 0 Å². The van der Waals surface area contributed by atoms with Crippen LogP contribution in [0.2, 0.25) is 0 Å². The average Bonchev–Trinajstić information content (AvgIpc) is 3.08. The highest BCUT2D eigenvalue weighted by atomic mass is 16.3. The summed E-state index contributed by atoms with van der Waals surface area (Å²) < 4.78 is 0. The van der Waals surface area contributed by atoms with Crippen molar-refractivity contribution in [1.29, 1.82) is 0 Å². The summed E-state index contributed by atoms with van der Waals surface area (Å²) in [6, 6.07) is 10.1. The van der Waals surface area contributed by atoms with Crippen molar-refractivity contribution in [1.82, 2.24) is 5.32 Å². The first kappa shape index (κ1) is 22.8. The highest BCUT2D eigenvalue weighted by Crippen LogP contribution is 2.27. The summed E-state index contributed by atoms with van der Waals surface area (Å²) in [4.78, 5) is 23.6. The maximum atomic E-state index is 12.2. The van der Waals surface area contributed by atoms with Gasteiger partial charge in [0.2, 0.25) is 5.91 Å². The third-order valence-electron chi connectivity index (χ3n) is 5.13. The number of carbonyl (C=O) groups is 2. The molecule has 0 aromatic heterocycles. The van der Waals surface area contributed by atoms with Crippen LogP contribution in [-0.4, -0.2) is 29.4 Å². The number of nitrogens with one attached hydrogen (secondary N) is 1. The van der Waals surface area contributed by atoms with E-state index in [9.17, 15) is 14.7 Å². The van der Waals surface area contributed by atoms with Crippen molar-refractivity contribution in [2.24, 2.45) is 11.8 Å². The molecule has 2 rings (SSSR count). The van der Waals surface area contributed by atoms with E-state index < -0.39 is 6.10 Å². The van der Waals surface area contributed by atoms with Gasteiger partial charge in [-0.2, -0.15) is 0 Å². The number of ketones is 1. The summed E-state index contributed by atoms with van der Waals surface area (Å²) in [5, 5.41) is 13.0. The number of hydrogen-bond donors (Lipinski definition) is 2. The predicted molar refractivity (Wildman–Crippen MR) is 117 cm³/mol. The van der Waals surface area contributed by atoms with Crippen molar-refractivity contribution < 1.29 is 14.7 Å². The smallest absolute Gasteiger partial charge is 0.219 e. The lowest BCUT2D eigenvalue weighted by atomic mass is 9.90. The van der Waals surface area contributed by atoms with Crippen molar-refractivity contribution in [3.05, 3.63) is 72.4 Å². The number of allylic oxidation sites excluding steroid dienone is 5. The van der Waals surface area contributed by atoms with E-state index in [-0.39, 0.29) is 23.5 Å². The van der Waals surface area contributed by atoms with Gasteiger partial charge in [-0.15, -0.1) is 0 Å². The van der Waals surface area contributed by atoms with Crippen molar-refractivity contribution in [2.75, 3.05) is 6.54 Å². The molecule has 0 saturated heterocycles. The van der Waals surface area contributed by atoms with Crippen LogP contribution in [0.1, 0.15) is 44.6 Å². The fourth-order valence-electron chi connectivity index (χ4n) is 3.46. The Labute approximate surface area is 174 Å². The van der Waals surface area contributed by atoms with E-state index in [0.717, 1.165) is 25.7 Å². The number of aliphatic hydroxyl groups excluding tert-OH is 1. The number of amides is 1. The van der Waals surface area contributed by atoms with Gasteiger partial charge < -0.3 is 10.4 Å². The summed E-state index contributed by atoms with van der Waals surface area (Å²) in [5.74, 6) is 0.147. The number of aliphatic hydroxyl groups is 1. The van der Waals surface area contributed by atoms with E-state index >= 15 is 0 Å². The van der Waals surface area contributed by atoms with Gasteiger partial charge in [-0.1, -0.05) is 60.7 Å². The molecule has 0 heterocycles. The Morgan fingerprint density at radius 1 is 1.24 bits per heavy atom. The van der Waals surface area contributed by atoms with Gasteiger partial charge in [0.25, 0.3) is 0 Å². The molecule has 1 aliphatic carbocycles. The van der Waals surface area contributed by atoms with Crippen molar-refractivity contribution >= 4 is 11.7 Å². The van der Waals surface area contributed by atoms with Gasteiger partial charge in [-0.25, -0.2) is 0 Å². The van der Waals surface area contributed by atoms with Crippen LogP contribution < -0.4 is 5.32 Å². The van der Waals surface area contributed by atoms with Crippen LogP contribution in [0, 0.1) is 11.8 Å². The SMILES string of the molecule is CCNC(=O)CCC/C=C\C[C@H]1C=CC(=O)[C@@H]1/C=C/[C@H](O)CCc1ccccc1. The first-order valence-electron chi connectivity index (χ1n) is 10.6. The molecule has 4 nitrogen and oxygen atoms in total. The highest BCUT2D eigenvalue weighted by molar-refractivity contribution is 5.95. The molecule has 29 heavy (non-hydrogen) atoms. The summed E-state index contributed by atoms with van der Waals surface area (Å²) >= 11 is 0. The molecule has 1 aromatic carbocycles. The molecule has 1 aliphatic rings. The van der Waals surface area contributed by atoms with E-state index in [0.29, 0.717) is 19.4 Å². The van der Waals surface area contributed by atoms with Crippen LogP contribution in [0.3, 0.4) is 0 Å². The zero-order chi connectivity index (χ0) is 20.9. The number of unbranched alkanes of at least 4 members (excludes halogenated alkanes) is 1. The zero-order valence-electron chi connectivity index (χ0n) is 17.3. The quantitative estimate of drug-likeness (QED) is 0.412. The summed E-state index contributed by atoms with van der Waals surface area (Å²) in [7, 11) is 0. The van der Waals surface area contributed by atoms with Crippen LogP contribution in [-0.2, 0) is 16.0 Å². The minimum atomic E-state index is -0.547. The maximum Gasteiger partial charge on any atom is 0.219 e. The third-order valence-corrected chi connectivity index (χ3v) is 5.13. The molecule has 0 spiro atoms. The van der Waals surface area contributed by atoms with Gasteiger partial charge in [0.1, 0.15) is 0 Å². The molecule has 3 atom stereocenters. The monoisotopic (exact) mass is 395 g/mol. The molecule has 1 amide bonds. The number of rotatable bonds is 12. The minimum Gasteiger partial charge on any atom is -0.389 e. The van der Waals surface area contributed by atoms with Gasteiger partial charge in [-0.05, 0) is 56.6 Å². The Hall–Kier alpha value is -2.46. The topological polar surface area (TPSA) is 66.4 Å². The molecular formula is C25H33NO3. The second-order valence-electron chi connectivity index (χ2n) is 7.48. The van der Waals surface area contributed by atoms with Crippen LogP contribution in [0.5, 0.6) is 0 Å². The number of carbonyl (C=O) groups excluding carboxylic acids is 2.